The average Bonchev–Trinajstić information content (AvgIpc) is 2.73. The Morgan fingerprint density at radius 1 is 1.50 bits per heavy atom. The fraction of sp³-hybridized carbons (Fsp3) is 0.182. The van der Waals surface area contributed by atoms with Crippen LogP contribution in [0.1, 0.15) is 18.5 Å². The van der Waals surface area contributed by atoms with Crippen LogP contribution in [0.2, 0.25) is 0 Å². The molecule has 0 bridgehead atoms. The van der Waals surface area contributed by atoms with Crippen LogP contribution >= 0.6 is 23.1 Å². The van der Waals surface area contributed by atoms with Crippen molar-refractivity contribution in [1.82, 2.24) is 4.98 Å². The molecule has 1 aromatic carbocycles. The van der Waals surface area contributed by atoms with Gasteiger partial charge in [0.1, 0.15) is 5.82 Å². The molecule has 2 nitrogen and oxygen atoms in total. The number of hydrogen-bond acceptors (Lipinski definition) is 4. The highest BCUT2D eigenvalue weighted by Crippen LogP contribution is 2.35. The first kappa shape index (κ1) is 11.6. The van der Waals surface area contributed by atoms with Gasteiger partial charge in [-0.15, -0.1) is 11.3 Å². The smallest absolute Gasteiger partial charge is 0.154 e. The van der Waals surface area contributed by atoms with Gasteiger partial charge in [-0.25, -0.2) is 9.37 Å². The molecule has 0 aliphatic heterocycles. The van der Waals surface area contributed by atoms with Gasteiger partial charge in [0.2, 0.25) is 0 Å². The van der Waals surface area contributed by atoms with E-state index in [9.17, 15) is 4.39 Å². The van der Waals surface area contributed by atoms with Crippen molar-refractivity contribution >= 4 is 23.1 Å². The lowest BCUT2D eigenvalue weighted by Crippen LogP contribution is -2.07. The predicted octanol–water partition coefficient (Wildman–Crippen LogP) is 3.45. The highest BCUT2D eigenvalue weighted by molar-refractivity contribution is 8.01. The van der Waals surface area contributed by atoms with E-state index in [1.165, 1.54) is 29.2 Å². The standard InChI is InChI=1S/C11H11FN2S2/c1-7(13)8-3-2-4-9(12)10(8)16-11-14-5-6-15-11/h2-7H,13H2,1H3/t7-/m0/s1. The molecule has 2 rings (SSSR count). The zero-order valence-electron chi connectivity index (χ0n) is 8.68. The molecule has 1 atom stereocenters. The number of nitrogens with zero attached hydrogens (tertiary/aromatic N) is 1. The summed E-state index contributed by atoms with van der Waals surface area (Å²) in [6.07, 6.45) is 1.71. The minimum atomic E-state index is -0.241. The first-order chi connectivity index (χ1) is 7.68. The Morgan fingerprint density at radius 2 is 2.31 bits per heavy atom. The largest absolute Gasteiger partial charge is 0.324 e. The van der Waals surface area contributed by atoms with Crippen molar-refractivity contribution in [3.05, 3.63) is 41.2 Å². The number of benzene rings is 1. The second-order valence-electron chi connectivity index (χ2n) is 3.35. The minimum Gasteiger partial charge on any atom is -0.324 e. The van der Waals surface area contributed by atoms with Crippen LogP contribution in [0.3, 0.4) is 0 Å². The second kappa shape index (κ2) is 4.95. The summed E-state index contributed by atoms with van der Waals surface area (Å²) in [7, 11) is 0. The number of thiazole rings is 1. The molecule has 84 valence electrons. The van der Waals surface area contributed by atoms with Crippen molar-refractivity contribution in [2.24, 2.45) is 5.73 Å². The third-order valence-corrected chi connectivity index (χ3v) is 4.11. The van der Waals surface area contributed by atoms with Gasteiger partial charge < -0.3 is 5.73 Å². The lowest BCUT2D eigenvalue weighted by Gasteiger charge is -2.11. The van der Waals surface area contributed by atoms with Gasteiger partial charge in [-0.1, -0.05) is 23.9 Å². The number of hydrogen-bond donors (Lipinski definition) is 1. The first-order valence-electron chi connectivity index (χ1n) is 4.80. The van der Waals surface area contributed by atoms with Gasteiger partial charge in [0.15, 0.2) is 4.34 Å². The van der Waals surface area contributed by atoms with Gasteiger partial charge in [-0.2, -0.15) is 0 Å². The Morgan fingerprint density at radius 3 is 2.94 bits per heavy atom. The van der Waals surface area contributed by atoms with Crippen molar-refractivity contribution in [3.8, 4) is 0 Å². The molecule has 0 saturated heterocycles. The highest BCUT2D eigenvalue weighted by atomic mass is 32.2. The normalized spacial score (nSPS) is 12.7. The van der Waals surface area contributed by atoms with E-state index < -0.39 is 0 Å². The van der Waals surface area contributed by atoms with Gasteiger partial charge >= 0.3 is 0 Å². The summed E-state index contributed by atoms with van der Waals surface area (Å²) in [5.74, 6) is -0.241. The summed E-state index contributed by atoms with van der Waals surface area (Å²) in [5, 5.41) is 1.87. The molecule has 0 fully saturated rings. The van der Waals surface area contributed by atoms with Crippen molar-refractivity contribution in [1.29, 1.82) is 0 Å². The molecule has 16 heavy (non-hydrogen) atoms. The molecule has 5 heteroatoms. The Kier molecular flexibility index (Phi) is 3.58. The summed E-state index contributed by atoms with van der Waals surface area (Å²) < 4.78 is 14.5. The number of aromatic nitrogens is 1. The molecule has 1 heterocycles. The van der Waals surface area contributed by atoms with Crippen molar-refractivity contribution in [2.75, 3.05) is 0 Å². The molecular formula is C11H11FN2S2. The van der Waals surface area contributed by atoms with Crippen LogP contribution < -0.4 is 5.73 Å². The van der Waals surface area contributed by atoms with Crippen LogP contribution in [0.4, 0.5) is 4.39 Å². The van der Waals surface area contributed by atoms with Crippen LogP contribution in [-0.2, 0) is 0 Å². The first-order valence-corrected chi connectivity index (χ1v) is 6.49. The van der Waals surface area contributed by atoms with E-state index in [-0.39, 0.29) is 11.9 Å². The van der Waals surface area contributed by atoms with E-state index in [1.54, 1.807) is 12.3 Å². The lowest BCUT2D eigenvalue weighted by atomic mass is 10.1. The Bertz CT molecular complexity index is 469. The fourth-order valence-electron chi connectivity index (χ4n) is 1.34. The predicted molar refractivity (Wildman–Crippen MR) is 65.2 cm³/mol. The topological polar surface area (TPSA) is 38.9 Å². The number of nitrogens with two attached hydrogens (primary N) is 1. The van der Waals surface area contributed by atoms with Gasteiger partial charge in [-0.3, -0.25) is 0 Å². The maximum atomic E-state index is 13.7. The molecular weight excluding hydrogens is 243 g/mol. The summed E-state index contributed by atoms with van der Waals surface area (Å²) >= 11 is 2.82. The quantitative estimate of drug-likeness (QED) is 0.911. The molecule has 0 aliphatic carbocycles. The molecule has 0 aliphatic rings. The zero-order valence-corrected chi connectivity index (χ0v) is 10.3. The lowest BCUT2D eigenvalue weighted by molar-refractivity contribution is 0.591. The van der Waals surface area contributed by atoms with Crippen molar-refractivity contribution in [3.63, 3.8) is 0 Å². The molecule has 0 saturated carbocycles. The fourth-order valence-corrected chi connectivity index (χ4v) is 3.13. The van der Waals surface area contributed by atoms with Crippen LogP contribution in [0, 0.1) is 5.82 Å². The summed E-state index contributed by atoms with van der Waals surface area (Å²) in [4.78, 5) is 4.70. The van der Waals surface area contributed by atoms with Crippen LogP contribution in [0.5, 0.6) is 0 Å². The summed E-state index contributed by atoms with van der Waals surface area (Å²) in [6, 6.07) is 4.80. The van der Waals surface area contributed by atoms with Crippen molar-refractivity contribution in [2.45, 2.75) is 22.2 Å². The summed E-state index contributed by atoms with van der Waals surface area (Å²) in [6.45, 7) is 1.85. The maximum Gasteiger partial charge on any atom is 0.154 e. The van der Waals surface area contributed by atoms with E-state index in [4.69, 9.17) is 5.73 Å². The van der Waals surface area contributed by atoms with Gasteiger partial charge in [0.25, 0.3) is 0 Å². The van der Waals surface area contributed by atoms with Crippen molar-refractivity contribution < 1.29 is 4.39 Å². The Labute approximate surface area is 102 Å². The maximum absolute atomic E-state index is 13.7. The third-order valence-electron chi connectivity index (χ3n) is 2.09. The minimum absolute atomic E-state index is 0.182. The third kappa shape index (κ3) is 2.42. The number of rotatable bonds is 3. The van der Waals surface area contributed by atoms with Crippen LogP contribution in [0.25, 0.3) is 0 Å². The Balaban J connectivity index is 2.38. The molecule has 2 N–H and O–H groups in total. The van der Waals surface area contributed by atoms with Gasteiger partial charge in [-0.05, 0) is 18.6 Å². The van der Waals surface area contributed by atoms with E-state index in [1.807, 2.05) is 18.4 Å². The average molecular weight is 254 g/mol. The van der Waals surface area contributed by atoms with E-state index in [0.29, 0.717) is 4.90 Å². The molecule has 0 spiro atoms. The summed E-state index contributed by atoms with van der Waals surface area (Å²) in [5.41, 5.74) is 6.63. The van der Waals surface area contributed by atoms with E-state index >= 15 is 0 Å². The molecule has 1 aromatic heterocycles. The van der Waals surface area contributed by atoms with E-state index in [2.05, 4.69) is 4.98 Å². The second-order valence-corrected chi connectivity index (χ2v) is 5.50. The van der Waals surface area contributed by atoms with Gasteiger partial charge in [0, 0.05) is 17.6 Å². The van der Waals surface area contributed by atoms with Crippen LogP contribution in [-0.4, -0.2) is 4.98 Å². The highest BCUT2D eigenvalue weighted by Gasteiger charge is 2.13. The monoisotopic (exact) mass is 254 g/mol. The molecule has 0 radical (unpaired) electrons. The zero-order chi connectivity index (χ0) is 11.5. The van der Waals surface area contributed by atoms with Gasteiger partial charge in [0.05, 0.1) is 4.90 Å². The van der Waals surface area contributed by atoms with E-state index in [0.717, 1.165) is 9.90 Å². The molecule has 0 amide bonds. The SMILES string of the molecule is C[C@H](N)c1cccc(F)c1Sc1nccs1. The Hall–Kier alpha value is -0.910. The van der Waals surface area contributed by atoms with Crippen LogP contribution in [0.15, 0.2) is 39.0 Å². The number of halogens is 1. The molecule has 0 unspecified atom stereocenters. The molecule has 2 aromatic rings.